The molecule has 0 bridgehead atoms. The van der Waals surface area contributed by atoms with Gasteiger partial charge >= 0.3 is 6.18 Å². The molecule has 0 radical (unpaired) electrons. The number of halogens is 3. The van der Waals surface area contributed by atoms with Gasteiger partial charge in [0.25, 0.3) is 0 Å². The van der Waals surface area contributed by atoms with Gasteiger partial charge in [0.1, 0.15) is 0 Å². The lowest BCUT2D eigenvalue weighted by Crippen LogP contribution is -2.46. The Morgan fingerprint density at radius 2 is 1.57 bits per heavy atom. The molecule has 0 N–H and O–H groups in total. The van der Waals surface area contributed by atoms with Gasteiger partial charge in [0.05, 0.1) is 18.8 Å². The van der Waals surface area contributed by atoms with Crippen LogP contribution in [0.25, 0.3) is 0 Å². The molecule has 6 heteroatoms. The second kappa shape index (κ2) is 7.29. The van der Waals surface area contributed by atoms with E-state index in [4.69, 9.17) is 4.74 Å². The number of hydrogen-bond acceptors (Lipinski definition) is 3. The Bertz CT molecular complexity index is 307. The minimum atomic E-state index is -4.06. The highest BCUT2D eigenvalue weighted by atomic mass is 19.4. The Labute approximate surface area is 125 Å². The maximum absolute atomic E-state index is 12.3. The van der Waals surface area contributed by atoms with Crippen molar-refractivity contribution in [1.82, 2.24) is 9.80 Å². The van der Waals surface area contributed by atoms with Crippen LogP contribution in [0.4, 0.5) is 13.2 Å². The Morgan fingerprint density at radius 1 is 1.00 bits per heavy atom. The van der Waals surface area contributed by atoms with Gasteiger partial charge in [-0.3, -0.25) is 9.80 Å². The van der Waals surface area contributed by atoms with Crippen LogP contribution in [-0.4, -0.2) is 67.5 Å². The van der Waals surface area contributed by atoms with Gasteiger partial charge in [-0.2, -0.15) is 13.2 Å². The first kappa shape index (κ1) is 17.0. The molecule has 21 heavy (non-hydrogen) atoms. The monoisotopic (exact) mass is 308 g/mol. The number of likely N-dealkylation sites (tertiary alicyclic amines) is 1. The molecular weight excluding hydrogens is 281 g/mol. The van der Waals surface area contributed by atoms with Crippen molar-refractivity contribution in [3.63, 3.8) is 0 Å². The van der Waals surface area contributed by atoms with Gasteiger partial charge in [-0.05, 0) is 58.7 Å². The average molecular weight is 308 g/mol. The summed E-state index contributed by atoms with van der Waals surface area (Å²) in [5, 5.41) is 0. The molecule has 0 aromatic carbocycles. The van der Waals surface area contributed by atoms with Crippen molar-refractivity contribution in [2.45, 2.75) is 51.5 Å². The number of nitrogens with zero attached hydrogens (tertiary/aromatic N) is 2. The van der Waals surface area contributed by atoms with E-state index in [0.29, 0.717) is 19.0 Å². The van der Waals surface area contributed by atoms with Gasteiger partial charge < -0.3 is 4.74 Å². The Morgan fingerprint density at radius 3 is 2.10 bits per heavy atom. The van der Waals surface area contributed by atoms with Crippen molar-refractivity contribution >= 4 is 0 Å². The van der Waals surface area contributed by atoms with Crippen LogP contribution in [0.3, 0.4) is 0 Å². The van der Waals surface area contributed by atoms with E-state index in [9.17, 15) is 13.2 Å². The molecule has 2 fully saturated rings. The van der Waals surface area contributed by atoms with Gasteiger partial charge in [-0.15, -0.1) is 0 Å². The first-order chi connectivity index (χ1) is 9.82. The van der Waals surface area contributed by atoms with Crippen LogP contribution in [0.5, 0.6) is 0 Å². The molecule has 0 amide bonds. The molecule has 2 heterocycles. The van der Waals surface area contributed by atoms with Gasteiger partial charge in [-0.25, -0.2) is 0 Å². The molecule has 0 spiro atoms. The normalized spacial score (nSPS) is 30.7. The van der Waals surface area contributed by atoms with Crippen molar-refractivity contribution < 1.29 is 17.9 Å². The third-order valence-electron chi connectivity index (χ3n) is 4.46. The number of alkyl halides is 3. The molecule has 0 aliphatic carbocycles. The summed E-state index contributed by atoms with van der Waals surface area (Å²) >= 11 is 0. The number of ether oxygens (including phenoxy) is 1. The summed E-state index contributed by atoms with van der Waals surface area (Å²) in [5.74, 6) is 0.572. The Hall–Kier alpha value is -0.330. The van der Waals surface area contributed by atoms with Crippen LogP contribution in [0.15, 0.2) is 0 Å². The third-order valence-corrected chi connectivity index (χ3v) is 4.46. The summed E-state index contributed by atoms with van der Waals surface area (Å²) in [4.78, 5) is 3.97. The Kier molecular flexibility index (Phi) is 5.91. The van der Waals surface area contributed by atoms with Crippen LogP contribution in [-0.2, 0) is 4.74 Å². The lowest BCUT2D eigenvalue weighted by atomic mass is 9.93. The first-order valence-corrected chi connectivity index (χ1v) is 7.99. The predicted molar refractivity (Wildman–Crippen MR) is 76.3 cm³/mol. The van der Waals surface area contributed by atoms with Crippen LogP contribution in [0.2, 0.25) is 0 Å². The zero-order chi connectivity index (χ0) is 15.5. The molecule has 2 aliphatic heterocycles. The summed E-state index contributed by atoms with van der Waals surface area (Å²) in [6.45, 7) is 7.59. The minimum Gasteiger partial charge on any atom is -0.373 e. The zero-order valence-corrected chi connectivity index (χ0v) is 13.0. The van der Waals surface area contributed by atoms with Crippen LogP contribution >= 0.6 is 0 Å². The molecule has 124 valence electrons. The van der Waals surface area contributed by atoms with Gasteiger partial charge in [-0.1, -0.05) is 0 Å². The maximum Gasteiger partial charge on any atom is 0.401 e. The van der Waals surface area contributed by atoms with Crippen molar-refractivity contribution in [1.29, 1.82) is 0 Å². The van der Waals surface area contributed by atoms with E-state index in [0.717, 1.165) is 38.9 Å². The molecule has 0 unspecified atom stereocenters. The topological polar surface area (TPSA) is 15.7 Å². The lowest BCUT2D eigenvalue weighted by Gasteiger charge is -2.37. The highest BCUT2D eigenvalue weighted by molar-refractivity contribution is 4.77. The minimum absolute atomic E-state index is 0.280. The molecule has 2 rings (SSSR count). The lowest BCUT2D eigenvalue weighted by molar-refractivity contribution is -0.148. The zero-order valence-electron chi connectivity index (χ0n) is 13.0. The summed E-state index contributed by atoms with van der Waals surface area (Å²) in [5.41, 5.74) is 0. The van der Waals surface area contributed by atoms with Crippen LogP contribution < -0.4 is 0 Å². The number of morpholine rings is 1. The fourth-order valence-electron chi connectivity index (χ4n) is 3.52. The third kappa shape index (κ3) is 6.12. The van der Waals surface area contributed by atoms with E-state index < -0.39 is 12.7 Å². The molecular formula is C15H27F3N2O. The summed E-state index contributed by atoms with van der Waals surface area (Å²) in [6, 6.07) is 0. The predicted octanol–water partition coefficient (Wildman–Crippen LogP) is 2.76. The second-order valence-electron chi connectivity index (χ2n) is 6.64. The summed E-state index contributed by atoms with van der Waals surface area (Å²) in [6.07, 6.45) is -0.617. The molecule has 0 aromatic rings. The van der Waals surface area contributed by atoms with Crippen molar-refractivity contribution in [2.75, 3.05) is 39.3 Å². The van der Waals surface area contributed by atoms with Crippen LogP contribution in [0.1, 0.15) is 33.1 Å². The largest absolute Gasteiger partial charge is 0.401 e. The SMILES string of the molecule is C[C@@H]1CN(CCC2CCN(CC(F)(F)F)CC2)C[C@H](C)O1. The average Bonchev–Trinajstić information content (AvgIpc) is 2.35. The Balaban J connectivity index is 1.65. The number of rotatable bonds is 4. The highest BCUT2D eigenvalue weighted by Crippen LogP contribution is 2.25. The van der Waals surface area contributed by atoms with E-state index in [1.165, 1.54) is 4.90 Å². The molecule has 2 aliphatic rings. The fourth-order valence-corrected chi connectivity index (χ4v) is 3.52. The van der Waals surface area contributed by atoms with Gasteiger partial charge in [0.2, 0.25) is 0 Å². The standard InChI is InChI=1S/C15H27F3N2O/c1-12-9-20(10-13(2)21-12)8-5-14-3-6-19(7-4-14)11-15(16,17)18/h12-14H,3-11H2,1-2H3/t12-,13+. The van der Waals surface area contributed by atoms with E-state index >= 15 is 0 Å². The van der Waals surface area contributed by atoms with Crippen molar-refractivity contribution in [2.24, 2.45) is 5.92 Å². The fraction of sp³-hybridized carbons (Fsp3) is 1.00. The maximum atomic E-state index is 12.3. The van der Waals surface area contributed by atoms with E-state index in [-0.39, 0.29) is 12.2 Å². The molecule has 2 atom stereocenters. The highest BCUT2D eigenvalue weighted by Gasteiger charge is 2.32. The van der Waals surface area contributed by atoms with Crippen molar-refractivity contribution in [3.8, 4) is 0 Å². The molecule has 0 saturated carbocycles. The molecule has 2 saturated heterocycles. The van der Waals surface area contributed by atoms with Gasteiger partial charge in [0, 0.05) is 13.1 Å². The first-order valence-electron chi connectivity index (χ1n) is 7.99. The van der Waals surface area contributed by atoms with Crippen LogP contribution in [0, 0.1) is 5.92 Å². The van der Waals surface area contributed by atoms with E-state index in [2.05, 4.69) is 18.7 Å². The second-order valence-corrected chi connectivity index (χ2v) is 6.64. The number of hydrogen-bond donors (Lipinski definition) is 0. The van der Waals surface area contributed by atoms with E-state index in [1.54, 1.807) is 0 Å². The number of piperidine rings is 1. The molecule has 3 nitrogen and oxygen atoms in total. The summed E-state index contributed by atoms with van der Waals surface area (Å²) in [7, 11) is 0. The van der Waals surface area contributed by atoms with Gasteiger partial charge in [0.15, 0.2) is 0 Å². The van der Waals surface area contributed by atoms with Crippen molar-refractivity contribution in [3.05, 3.63) is 0 Å². The van der Waals surface area contributed by atoms with E-state index in [1.807, 2.05) is 0 Å². The smallest absolute Gasteiger partial charge is 0.373 e. The molecule has 0 aromatic heterocycles. The summed E-state index contributed by atoms with van der Waals surface area (Å²) < 4.78 is 42.7. The quantitative estimate of drug-likeness (QED) is 0.794.